The van der Waals surface area contributed by atoms with E-state index in [-0.39, 0.29) is 18.1 Å². The van der Waals surface area contributed by atoms with E-state index in [0.29, 0.717) is 16.1 Å². The molecule has 1 amide bonds. The average Bonchev–Trinajstić information content (AvgIpc) is 2.93. The summed E-state index contributed by atoms with van der Waals surface area (Å²) in [6, 6.07) is 12.0. The third-order valence-electron chi connectivity index (χ3n) is 2.42. The second-order valence-electron chi connectivity index (χ2n) is 3.77. The van der Waals surface area contributed by atoms with Crippen molar-refractivity contribution in [3.8, 4) is 6.07 Å². The van der Waals surface area contributed by atoms with Crippen LogP contribution < -0.4 is 5.32 Å². The molecule has 4 nitrogen and oxygen atoms in total. The molecule has 0 radical (unpaired) electrons. The Hall–Kier alpha value is -2.45. The molecule has 19 heavy (non-hydrogen) atoms. The zero-order valence-corrected chi connectivity index (χ0v) is 10.7. The van der Waals surface area contributed by atoms with Gasteiger partial charge in [-0.3, -0.25) is 9.59 Å². The van der Waals surface area contributed by atoms with Gasteiger partial charge in [0.15, 0.2) is 0 Å². The Balaban J connectivity index is 2.09. The van der Waals surface area contributed by atoms with E-state index in [4.69, 9.17) is 5.26 Å². The maximum absolute atomic E-state index is 12.0. The van der Waals surface area contributed by atoms with Crippen molar-refractivity contribution in [2.45, 2.75) is 6.42 Å². The molecular formula is C14H10N2O2S. The third kappa shape index (κ3) is 3.27. The molecule has 1 N–H and O–H groups in total. The van der Waals surface area contributed by atoms with Crippen LogP contribution in [-0.2, 0) is 4.79 Å². The molecular weight excluding hydrogens is 260 g/mol. The van der Waals surface area contributed by atoms with Crippen LogP contribution in [0.4, 0.5) is 5.69 Å². The van der Waals surface area contributed by atoms with E-state index >= 15 is 0 Å². The highest BCUT2D eigenvalue weighted by molar-refractivity contribution is 7.12. The molecule has 2 rings (SSSR count). The van der Waals surface area contributed by atoms with E-state index in [1.54, 1.807) is 36.4 Å². The van der Waals surface area contributed by atoms with Crippen LogP contribution in [0.5, 0.6) is 0 Å². The minimum absolute atomic E-state index is 0.0371. The number of nitriles is 1. The summed E-state index contributed by atoms with van der Waals surface area (Å²) in [5.74, 6) is -0.398. The van der Waals surface area contributed by atoms with Crippen LogP contribution in [0, 0.1) is 11.3 Å². The number of nitrogens with one attached hydrogen (secondary N) is 1. The molecule has 94 valence electrons. The second-order valence-corrected chi connectivity index (χ2v) is 4.71. The van der Waals surface area contributed by atoms with Gasteiger partial charge in [-0.05, 0) is 35.7 Å². The highest BCUT2D eigenvalue weighted by Crippen LogP contribution is 2.17. The van der Waals surface area contributed by atoms with E-state index in [9.17, 15) is 9.59 Å². The van der Waals surface area contributed by atoms with Crippen molar-refractivity contribution in [2.75, 3.05) is 5.32 Å². The summed E-state index contributed by atoms with van der Waals surface area (Å²) >= 11 is 1.39. The third-order valence-corrected chi connectivity index (χ3v) is 3.28. The number of hydrogen-bond donors (Lipinski definition) is 1. The van der Waals surface area contributed by atoms with Crippen LogP contribution in [0.15, 0.2) is 41.8 Å². The van der Waals surface area contributed by atoms with Crippen LogP contribution >= 0.6 is 11.3 Å². The molecule has 0 fully saturated rings. The summed E-state index contributed by atoms with van der Waals surface area (Å²) in [5.41, 5.74) is 1.14. The van der Waals surface area contributed by atoms with Gasteiger partial charge in [0.1, 0.15) is 6.42 Å². The van der Waals surface area contributed by atoms with Crippen molar-refractivity contribution < 1.29 is 9.59 Å². The van der Waals surface area contributed by atoms with Gasteiger partial charge in [-0.2, -0.15) is 5.26 Å². The normalized spacial score (nSPS) is 9.63. The number of benzene rings is 1. The second kappa shape index (κ2) is 5.94. The highest BCUT2D eigenvalue weighted by atomic mass is 32.1. The van der Waals surface area contributed by atoms with Gasteiger partial charge in [-0.15, -0.1) is 11.3 Å². The Morgan fingerprint density at radius 3 is 2.53 bits per heavy atom. The lowest BCUT2D eigenvalue weighted by molar-refractivity contribution is -0.115. The first-order chi connectivity index (χ1) is 9.20. The SMILES string of the molecule is N#CCC(=O)Nc1ccc(C(=O)c2cccs2)cc1. The zero-order valence-electron chi connectivity index (χ0n) is 9.92. The fraction of sp³-hybridized carbons (Fsp3) is 0.0714. The number of carbonyl (C=O) groups excluding carboxylic acids is 2. The summed E-state index contributed by atoms with van der Waals surface area (Å²) < 4.78 is 0. The number of hydrogen-bond acceptors (Lipinski definition) is 4. The van der Waals surface area contributed by atoms with E-state index in [1.165, 1.54) is 11.3 Å². The lowest BCUT2D eigenvalue weighted by Gasteiger charge is -2.03. The summed E-state index contributed by atoms with van der Waals surface area (Å²) in [5, 5.41) is 12.8. The average molecular weight is 270 g/mol. The minimum atomic E-state index is -0.361. The number of anilines is 1. The molecule has 0 spiro atoms. The smallest absolute Gasteiger partial charge is 0.238 e. The summed E-state index contributed by atoms with van der Waals surface area (Å²) in [6.45, 7) is 0. The van der Waals surface area contributed by atoms with Crippen LogP contribution in [0.25, 0.3) is 0 Å². The van der Waals surface area contributed by atoms with Crippen molar-refractivity contribution in [2.24, 2.45) is 0 Å². The van der Waals surface area contributed by atoms with Gasteiger partial charge in [-0.1, -0.05) is 6.07 Å². The molecule has 0 aliphatic rings. The van der Waals surface area contributed by atoms with Crippen LogP contribution in [0.1, 0.15) is 21.7 Å². The molecule has 0 saturated heterocycles. The lowest BCUT2D eigenvalue weighted by atomic mass is 10.1. The largest absolute Gasteiger partial charge is 0.325 e. The van der Waals surface area contributed by atoms with Crippen molar-refractivity contribution in [3.63, 3.8) is 0 Å². The van der Waals surface area contributed by atoms with Crippen molar-refractivity contribution in [1.82, 2.24) is 0 Å². The molecule has 0 aliphatic carbocycles. The number of nitrogens with zero attached hydrogens (tertiary/aromatic N) is 1. The van der Waals surface area contributed by atoms with Gasteiger partial charge >= 0.3 is 0 Å². The monoisotopic (exact) mass is 270 g/mol. The van der Waals surface area contributed by atoms with Gasteiger partial charge in [0.2, 0.25) is 11.7 Å². The van der Waals surface area contributed by atoms with Crippen molar-refractivity contribution >= 4 is 28.7 Å². The predicted octanol–water partition coefficient (Wildman–Crippen LogP) is 2.83. The quantitative estimate of drug-likeness (QED) is 0.868. The minimum Gasteiger partial charge on any atom is -0.325 e. The van der Waals surface area contributed by atoms with Crippen molar-refractivity contribution in [1.29, 1.82) is 5.26 Å². The van der Waals surface area contributed by atoms with Gasteiger partial charge in [-0.25, -0.2) is 0 Å². The first kappa shape index (κ1) is 13.0. The molecule has 0 atom stereocenters. The van der Waals surface area contributed by atoms with Crippen LogP contribution in [0.2, 0.25) is 0 Å². The highest BCUT2D eigenvalue weighted by Gasteiger charge is 2.10. The van der Waals surface area contributed by atoms with E-state index in [0.717, 1.165) is 0 Å². The standard InChI is InChI=1S/C14H10N2O2S/c15-8-7-13(17)16-11-5-3-10(4-6-11)14(18)12-2-1-9-19-12/h1-6,9H,7H2,(H,16,17). The van der Waals surface area contributed by atoms with Crippen LogP contribution in [-0.4, -0.2) is 11.7 Å². The topological polar surface area (TPSA) is 70.0 Å². The Morgan fingerprint density at radius 2 is 1.95 bits per heavy atom. The van der Waals surface area contributed by atoms with E-state index in [2.05, 4.69) is 5.32 Å². The van der Waals surface area contributed by atoms with Crippen LogP contribution in [0.3, 0.4) is 0 Å². The van der Waals surface area contributed by atoms with Gasteiger partial charge in [0.05, 0.1) is 10.9 Å². The van der Waals surface area contributed by atoms with Gasteiger partial charge in [0.25, 0.3) is 0 Å². The molecule has 1 heterocycles. The van der Waals surface area contributed by atoms with E-state index in [1.807, 2.05) is 11.4 Å². The first-order valence-corrected chi connectivity index (χ1v) is 6.44. The fourth-order valence-electron chi connectivity index (χ4n) is 1.53. The molecule has 0 aliphatic heterocycles. The zero-order chi connectivity index (χ0) is 13.7. The molecule has 0 saturated carbocycles. The van der Waals surface area contributed by atoms with E-state index < -0.39 is 0 Å². The van der Waals surface area contributed by atoms with Gasteiger partial charge in [0, 0.05) is 11.3 Å². The molecule has 1 aromatic carbocycles. The Bertz CT molecular complexity index is 624. The summed E-state index contributed by atoms with van der Waals surface area (Å²) in [4.78, 5) is 23.9. The fourth-order valence-corrected chi connectivity index (χ4v) is 2.22. The number of carbonyl (C=O) groups is 2. The van der Waals surface area contributed by atoms with Gasteiger partial charge < -0.3 is 5.32 Å². The summed E-state index contributed by atoms with van der Waals surface area (Å²) in [6.07, 6.45) is -0.185. The molecule has 5 heteroatoms. The molecule has 0 unspecified atom stereocenters. The summed E-state index contributed by atoms with van der Waals surface area (Å²) in [7, 11) is 0. The molecule has 0 bridgehead atoms. The number of thiophene rings is 1. The van der Waals surface area contributed by atoms with Crippen molar-refractivity contribution in [3.05, 3.63) is 52.2 Å². The maximum atomic E-state index is 12.0. The number of ketones is 1. The Labute approximate surface area is 114 Å². The Kier molecular flexibility index (Phi) is 4.06. The molecule has 2 aromatic rings. The first-order valence-electron chi connectivity index (χ1n) is 5.56. The molecule has 1 aromatic heterocycles. The predicted molar refractivity (Wildman–Crippen MR) is 73.1 cm³/mol. The number of rotatable bonds is 4. The maximum Gasteiger partial charge on any atom is 0.238 e. The lowest BCUT2D eigenvalue weighted by Crippen LogP contribution is -2.10. The number of amides is 1. The Morgan fingerprint density at radius 1 is 1.21 bits per heavy atom.